The average Bonchev–Trinajstić information content (AvgIpc) is 2.45. The van der Waals surface area contributed by atoms with Gasteiger partial charge in [-0.3, -0.25) is 14.9 Å². The van der Waals surface area contributed by atoms with Gasteiger partial charge in [0.1, 0.15) is 4.90 Å². The molecule has 21 heavy (non-hydrogen) atoms. The molecule has 0 fully saturated rings. The highest BCUT2D eigenvalue weighted by Crippen LogP contribution is 2.25. The summed E-state index contributed by atoms with van der Waals surface area (Å²) in [5.74, 6) is -0.296. The highest BCUT2D eigenvalue weighted by atomic mass is 32.2. The largest absolute Gasteiger partial charge is 0.387 e. The van der Waals surface area contributed by atoms with Crippen molar-refractivity contribution in [1.29, 1.82) is 0 Å². The van der Waals surface area contributed by atoms with E-state index in [1.807, 2.05) is 0 Å². The monoisotopic (exact) mass is 316 g/mol. The molecule has 0 saturated carbocycles. The Hall–Kier alpha value is -2.20. The van der Waals surface area contributed by atoms with Crippen LogP contribution in [0.15, 0.2) is 23.1 Å². The number of nitrogens with one attached hydrogen (secondary N) is 3. The summed E-state index contributed by atoms with van der Waals surface area (Å²) in [7, 11) is -0.953. The summed E-state index contributed by atoms with van der Waals surface area (Å²) in [4.78, 5) is 21.0. The van der Waals surface area contributed by atoms with Crippen molar-refractivity contribution < 1.29 is 18.1 Å². The van der Waals surface area contributed by atoms with E-state index in [-0.39, 0.29) is 35.1 Å². The molecule has 0 aromatic heterocycles. The Balaban J connectivity index is 2.97. The standard InChI is InChI=1S/C11H16N4O5S/c1-12-9-7-8(15(17)18)3-4-10(9)21(19,20)14-6-5-11(16)13-2/h3-4,7,12,14H,5-6H2,1-2H3,(H,13,16). The molecule has 1 rings (SSSR count). The first-order valence-electron chi connectivity index (χ1n) is 5.98. The molecule has 1 amide bonds. The molecular formula is C11H16N4O5S. The highest BCUT2D eigenvalue weighted by Gasteiger charge is 2.20. The van der Waals surface area contributed by atoms with Crippen LogP contribution in [0.3, 0.4) is 0 Å². The molecule has 0 atom stereocenters. The van der Waals surface area contributed by atoms with Crippen LogP contribution in [0.5, 0.6) is 0 Å². The minimum absolute atomic E-state index is 0.00238. The summed E-state index contributed by atoms with van der Waals surface area (Å²) < 4.78 is 26.5. The number of non-ortho nitro benzene ring substituents is 1. The molecule has 0 aliphatic rings. The number of benzene rings is 1. The lowest BCUT2D eigenvalue weighted by Gasteiger charge is -2.10. The van der Waals surface area contributed by atoms with E-state index >= 15 is 0 Å². The quantitative estimate of drug-likeness (QED) is 0.481. The molecule has 0 aliphatic heterocycles. The van der Waals surface area contributed by atoms with Crippen molar-refractivity contribution in [3.63, 3.8) is 0 Å². The van der Waals surface area contributed by atoms with Crippen molar-refractivity contribution in [2.75, 3.05) is 26.0 Å². The van der Waals surface area contributed by atoms with Gasteiger partial charge in [0, 0.05) is 39.2 Å². The summed E-state index contributed by atoms with van der Waals surface area (Å²) in [5, 5.41) is 15.7. The topological polar surface area (TPSA) is 130 Å². The van der Waals surface area contributed by atoms with Gasteiger partial charge in [0.15, 0.2) is 0 Å². The minimum atomic E-state index is -3.86. The van der Waals surface area contributed by atoms with E-state index in [1.54, 1.807) is 0 Å². The molecule has 116 valence electrons. The van der Waals surface area contributed by atoms with Gasteiger partial charge in [-0.1, -0.05) is 0 Å². The Kier molecular flexibility index (Phi) is 5.61. The van der Waals surface area contributed by atoms with Gasteiger partial charge in [-0.15, -0.1) is 0 Å². The molecule has 0 radical (unpaired) electrons. The third-order valence-electron chi connectivity index (χ3n) is 2.66. The first kappa shape index (κ1) is 16.9. The second kappa shape index (κ2) is 6.99. The minimum Gasteiger partial charge on any atom is -0.387 e. The van der Waals surface area contributed by atoms with Crippen LogP contribution in [0, 0.1) is 10.1 Å². The number of hydrogen-bond donors (Lipinski definition) is 3. The second-order valence-electron chi connectivity index (χ2n) is 4.01. The van der Waals surface area contributed by atoms with Crippen LogP contribution in [0.25, 0.3) is 0 Å². The van der Waals surface area contributed by atoms with E-state index in [9.17, 15) is 23.3 Å². The normalized spacial score (nSPS) is 11.0. The molecule has 0 spiro atoms. The molecule has 1 aromatic carbocycles. The molecule has 0 unspecified atom stereocenters. The number of carbonyl (C=O) groups is 1. The Labute approximate surface area is 121 Å². The maximum atomic E-state index is 12.1. The SMILES string of the molecule is CNC(=O)CCNS(=O)(=O)c1ccc([N+](=O)[O-])cc1NC. The Bertz CT molecular complexity index is 644. The summed E-state index contributed by atoms with van der Waals surface area (Å²) >= 11 is 0. The van der Waals surface area contributed by atoms with Crippen LogP contribution in [0.2, 0.25) is 0 Å². The number of nitrogens with zero attached hydrogens (tertiary/aromatic N) is 1. The van der Waals surface area contributed by atoms with Gasteiger partial charge in [0.05, 0.1) is 10.6 Å². The van der Waals surface area contributed by atoms with Crippen molar-refractivity contribution in [2.24, 2.45) is 0 Å². The second-order valence-corrected chi connectivity index (χ2v) is 5.74. The Morgan fingerprint density at radius 2 is 2.00 bits per heavy atom. The lowest BCUT2D eigenvalue weighted by Crippen LogP contribution is -2.29. The van der Waals surface area contributed by atoms with Crippen LogP contribution in [-0.4, -0.2) is 39.9 Å². The lowest BCUT2D eigenvalue weighted by molar-refractivity contribution is -0.384. The number of rotatable bonds is 7. The van der Waals surface area contributed by atoms with Gasteiger partial charge in [0.25, 0.3) is 5.69 Å². The van der Waals surface area contributed by atoms with Crippen LogP contribution >= 0.6 is 0 Å². The number of hydrogen-bond acceptors (Lipinski definition) is 6. The van der Waals surface area contributed by atoms with Crippen molar-refractivity contribution in [3.05, 3.63) is 28.3 Å². The first-order chi connectivity index (χ1) is 9.81. The summed E-state index contributed by atoms with van der Waals surface area (Å²) in [5.41, 5.74) is -0.111. The van der Waals surface area contributed by atoms with E-state index < -0.39 is 14.9 Å². The van der Waals surface area contributed by atoms with Crippen molar-refractivity contribution >= 4 is 27.3 Å². The number of amides is 1. The van der Waals surface area contributed by atoms with E-state index in [4.69, 9.17) is 0 Å². The van der Waals surface area contributed by atoms with Crippen molar-refractivity contribution in [2.45, 2.75) is 11.3 Å². The number of nitro benzene ring substituents is 1. The van der Waals surface area contributed by atoms with Crippen LogP contribution < -0.4 is 15.4 Å². The summed E-state index contributed by atoms with van der Waals surface area (Å²) in [6.45, 7) is -0.0673. The van der Waals surface area contributed by atoms with Gasteiger partial charge < -0.3 is 10.6 Å². The van der Waals surface area contributed by atoms with E-state index in [0.717, 1.165) is 18.2 Å². The third-order valence-corrected chi connectivity index (χ3v) is 4.17. The zero-order valence-electron chi connectivity index (χ0n) is 11.5. The van der Waals surface area contributed by atoms with E-state index in [1.165, 1.54) is 14.1 Å². The predicted octanol–water partition coefficient (Wildman–Crippen LogP) is 0.0509. The molecule has 10 heteroatoms. The maximum absolute atomic E-state index is 12.1. The molecule has 0 saturated heterocycles. The number of anilines is 1. The summed E-state index contributed by atoms with van der Waals surface area (Å²) in [6, 6.07) is 3.38. The molecule has 0 heterocycles. The maximum Gasteiger partial charge on any atom is 0.271 e. The molecular weight excluding hydrogens is 300 g/mol. The highest BCUT2D eigenvalue weighted by molar-refractivity contribution is 7.89. The molecule has 9 nitrogen and oxygen atoms in total. The van der Waals surface area contributed by atoms with Crippen LogP contribution in [0.1, 0.15) is 6.42 Å². The number of nitro groups is 1. The van der Waals surface area contributed by atoms with Crippen molar-refractivity contribution in [1.82, 2.24) is 10.0 Å². The van der Waals surface area contributed by atoms with Gasteiger partial charge in [0.2, 0.25) is 15.9 Å². The average molecular weight is 316 g/mol. The van der Waals surface area contributed by atoms with Gasteiger partial charge in [-0.2, -0.15) is 0 Å². The lowest BCUT2D eigenvalue weighted by atomic mass is 10.3. The molecule has 0 aliphatic carbocycles. The van der Waals surface area contributed by atoms with Crippen LogP contribution in [0.4, 0.5) is 11.4 Å². The fraction of sp³-hybridized carbons (Fsp3) is 0.364. The zero-order valence-corrected chi connectivity index (χ0v) is 12.4. The molecule has 0 bridgehead atoms. The molecule has 3 N–H and O–H groups in total. The Morgan fingerprint density at radius 3 is 2.52 bits per heavy atom. The van der Waals surface area contributed by atoms with Crippen LogP contribution in [-0.2, 0) is 14.8 Å². The van der Waals surface area contributed by atoms with Crippen molar-refractivity contribution in [3.8, 4) is 0 Å². The number of carbonyl (C=O) groups excluding carboxylic acids is 1. The zero-order chi connectivity index (χ0) is 16.0. The van der Waals surface area contributed by atoms with Gasteiger partial charge >= 0.3 is 0 Å². The fourth-order valence-electron chi connectivity index (χ4n) is 1.56. The summed E-state index contributed by atoms with van der Waals surface area (Å²) in [6.07, 6.45) is -0.00238. The Morgan fingerprint density at radius 1 is 1.33 bits per heavy atom. The smallest absolute Gasteiger partial charge is 0.271 e. The van der Waals surface area contributed by atoms with Gasteiger partial charge in [-0.25, -0.2) is 13.1 Å². The fourth-order valence-corrected chi connectivity index (χ4v) is 2.79. The van der Waals surface area contributed by atoms with E-state index in [2.05, 4.69) is 15.4 Å². The number of sulfonamides is 1. The third kappa shape index (κ3) is 4.39. The van der Waals surface area contributed by atoms with E-state index in [0.29, 0.717) is 0 Å². The van der Waals surface area contributed by atoms with Gasteiger partial charge in [-0.05, 0) is 6.07 Å². The first-order valence-corrected chi connectivity index (χ1v) is 7.46. The molecule has 1 aromatic rings. The predicted molar refractivity (Wildman–Crippen MR) is 76.5 cm³/mol.